The van der Waals surface area contributed by atoms with Crippen LogP contribution in [0.2, 0.25) is 0 Å². The van der Waals surface area contributed by atoms with Crippen LogP contribution in [0.3, 0.4) is 0 Å². The fourth-order valence-corrected chi connectivity index (χ4v) is 2.35. The van der Waals surface area contributed by atoms with Gasteiger partial charge in [-0.25, -0.2) is 0 Å². The number of hydrogen-bond acceptors (Lipinski definition) is 11. The largest absolute Gasteiger partial charge is 0.493 e. The molecule has 0 spiro atoms. The molecule has 186 valence electrons. The van der Waals surface area contributed by atoms with Crippen LogP contribution >= 0.6 is 0 Å². The lowest BCUT2D eigenvalue weighted by Gasteiger charge is -2.14. The number of aryl methyl sites for hydroxylation is 1. The molecule has 0 N–H and O–H groups in total. The van der Waals surface area contributed by atoms with Gasteiger partial charge >= 0.3 is 23.9 Å². The van der Waals surface area contributed by atoms with E-state index in [1.165, 1.54) is 13.8 Å². The number of carbonyl (C=O) groups is 4. The lowest BCUT2D eigenvalue weighted by Crippen LogP contribution is -2.12. The molecule has 1 aromatic rings. The Kier molecular flexibility index (Phi) is 13.0. The topological polar surface area (TPSA) is 172 Å². The van der Waals surface area contributed by atoms with Gasteiger partial charge < -0.3 is 28.4 Å². The quantitative estimate of drug-likeness (QED) is 0.0902. The van der Waals surface area contributed by atoms with E-state index < -0.39 is 37.5 Å². The van der Waals surface area contributed by atoms with E-state index in [0.29, 0.717) is 24.2 Å². The molecule has 0 aromatic heterocycles. The summed E-state index contributed by atoms with van der Waals surface area (Å²) in [5.74, 6) is -1.48. The van der Waals surface area contributed by atoms with E-state index in [1.807, 2.05) is 0 Å². The summed E-state index contributed by atoms with van der Waals surface area (Å²) in [6.07, 6.45) is 0.741. The first-order valence-electron chi connectivity index (χ1n) is 10.3. The molecule has 0 atom stereocenters. The first-order chi connectivity index (χ1) is 16.2. The Labute approximate surface area is 195 Å². The van der Waals surface area contributed by atoms with Gasteiger partial charge in [0.15, 0.2) is 0 Å². The molecule has 1 aromatic carbocycles. The molecule has 0 aliphatic heterocycles. The summed E-state index contributed by atoms with van der Waals surface area (Å²) in [4.78, 5) is 47.2. The molecule has 0 saturated carbocycles. The summed E-state index contributed by atoms with van der Waals surface area (Å²) in [5.41, 5.74) is 9.72. The SMILES string of the molecule is CC(=O)OCOC(=O)CCCOc1cc(OCCCC(=O)OCOC(C)=O)c(N=[N+]=[N-])cc1C. The first kappa shape index (κ1) is 28.0. The molecular formula is C21H27N3O10. The lowest BCUT2D eigenvalue weighted by atomic mass is 10.2. The molecule has 1 rings (SSSR count). The van der Waals surface area contributed by atoms with Gasteiger partial charge in [0.05, 0.1) is 18.9 Å². The highest BCUT2D eigenvalue weighted by Crippen LogP contribution is 2.35. The van der Waals surface area contributed by atoms with Crippen LogP contribution in [0.1, 0.15) is 45.1 Å². The summed E-state index contributed by atoms with van der Waals surface area (Å²) < 4.78 is 29.8. The zero-order valence-electron chi connectivity index (χ0n) is 19.2. The van der Waals surface area contributed by atoms with E-state index in [1.54, 1.807) is 19.1 Å². The molecule has 0 amide bonds. The molecule has 13 heteroatoms. The second-order valence-corrected chi connectivity index (χ2v) is 6.72. The van der Waals surface area contributed by atoms with Crippen molar-refractivity contribution in [2.45, 2.75) is 46.5 Å². The maximum Gasteiger partial charge on any atom is 0.308 e. The van der Waals surface area contributed by atoms with Crippen molar-refractivity contribution in [3.63, 3.8) is 0 Å². The Morgan fingerprint density at radius 2 is 1.32 bits per heavy atom. The van der Waals surface area contributed by atoms with Gasteiger partial charge in [0.1, 0.15) is 11.5 Å². The number of rotatable bonds is 15. The van der Waals surface area contributed by atoms with E-state index >= 15 is 0 Å². The predicted octanol–water partition coefficient (Wildman–Crippen LogP) is 3.38. The average Bonchev–Trinajstić information content (AvgIpc) is 2.76. The van der Waals surface area contributed by atoms with Crippen LogP contribution in [0.25, 0.3) is 10.4 Å². The number of azide groups is 1. The summed E-state index contributed by atoms with van der Waals surface area (Å²) in [7, 11) is 0. The van der Waals surface area contributed by atoms with Crippen LogP contribution in [-0.2, 0) is 38.1 Å². The van der Waals surface area contributed by atoms with Crippen LogP contribution in [0.4, 0.5) is 5.69 Å². The van der Waals surface area contributed by atoms with Crippen LogP contribution in [0.5, 0.6) is 11.5 Å². The van der Waals surface area contributed by atoms with Gasteiger partial charge in [-0.1, -0.05) is 5.11 Å². The van der Waals surface area contributed by atoms with Crippen molar-refractivity contribution in [2.24, 2.45) is 5.11 Å². The Morgan fingerprint density at radius 3 is 1.79 bits per heavy atom. The molecule has 13 nitrogen and oxygen atoms in total. The maximum atomic E-state index is 11.6. The molecule has 0 aliphatic carbocycles. The number of carbonyl (C=O) groups excluding carboxylic acids is 4. The van der Waals surface area contributed by atoms with Crippen molar-refractivity contribution in [3.05, 3.63) is 28.1 Å². The Bertz CT molecular complexity index is 912. The number of hydrogen-bond donors (Lipinski definition) is 0. The van der Waals surface area contributed by atoms with E-state index in [9.17, 15) is 19.2 Å². The number of nitrogens with zero attached hydrogens (tertiary/aromatic N) is 3. The normalized spacial score (nSPS) is 9.85. The average molecular weight is 481 g/mol. The minimum absolute atomic E-state index is 0.0287. The van der Waals surface area contributed by atoms with Gasteiger partial charge in [0.2, 0.25) is 13.6 Å². The summed E-state index contributed by atoms with van der Waals surface area (Å²) in [5, 5.41) is 3.60. The number of benzene rings is 1. The summed E-state index contributed by atoms with van der Waals surface area (Å²) in [6.45, 7) is 3.59. The highest BCUT2D eigenvalue weighted by atomic mass is 16.7. The Morgan fingerprint density at radius 1 is 0.824 bits per heavy atom. The van der Waals surface area contributed by atoms with E-state index in [0.717, 1.165) is 0 Å². The zero-order valence-corrected chi connectivity index (χ0v) is 19.2. The molecule has 0 unspecified atom stereocenters. The van der Waals surface area contributed by atoms with Gasteiger partial charge in [-0.05, 0) is 36.9 Å². The molecular weight excluding hydrogens is 454 g/mol. The van der Waals surface area contributed by atoms with Crippen molar-refractivity contribution >= 4 is 29.6 Å². The van der Waals surface area contributed by atoms with Crippen molar-refractivity contribution in [1.82, 2.24) is 0 Å². The van der Waals surface area contributed by atoms with Gasteiger partial charge in [-0.2, -0.15) is 0 Å². The maximum absolute atomic E-state index is 11.6. The number of esters is 4. The predicted molar refractivity (Wildman–Crippen MR) is 115 cm³/mol. The molecule has 0 saturated heterocycles. The summed E-state index contributed by atoms with van der Waals surface area (Å²) >= 11 is 0. The van der Waals surface area contributed by atoms with Gasteiger partial charge in [0.25, 0.3) is 0 Å². The second kappa shape index (κ2) is 15.8. The van der Waals surface area contributed by atoms with Crippen molar-refractivity contribution in [3.8, 4) is 11.5 Å². The monoisotopic (exact) mass is 481 g/mol. The van der Waals surface area contributed by atoms with Crippen LogP contribution in [0, 0.1) is 6.92 Å². The minimum Gasteiger partial charge on any atom is -0.493 e. The highest BCUT2D eigenvalue weighted by Gasteiger charge is 2.11. The van der Waals surface area contributed by atoms with Gasteiger partial charge in [-0.15, -0.1) is 0 Å². The smallest absolute Gasteiger partial charge is 0.308 e. The van der Waals surface area contributed by atoms with Crippen LogP contribution in [0.15, 0.2) is 17.2 Å². The zero-order chi connectivity index (χ0) is 25.3. The third-order valence-corrected chi connectivity index (χ3v) is 3.94. The third-order valence-electron chi connectivity index (χ3n) is 3.94. The molecule has 0 aliphatic rings. The fourth-order valence-electron chi connectivity index (χ4n) is 2.35. The summed E-state index contributed by atoms with van der Waals surface area (Å²) in [6, 6.07) is 3.14. The first-order valence-corrected chi connectivity index (χ1v) is 10.3. The second-order valence-electron chi connectivity index (χ2n) is 6.72. The van der Waals surface area contributed by atoms with Crippen molar-refractivity contribution in [2.75, 3.05) is 26.8 Å². The molecule has 0 bridgehead atoms. The van der Waals surface area contributed by atoms with Crippen LogP contribution in [-0.4, -0.2) is 50.7 Å². The highest BCUT2D eigenvalue weighted by molar-refractivity contribution is 5.70. The van der Waals surface area contributed by atoms with E-state index in [2.05, 4.69) is 19.5 Å². The van der Waals surface area contributed by atoms with Gasteiger partial charge in [0, 0.05) is 37.7 Å². The minimum atomic E-state index is -0.557. The Hall–Kier alpha value is -3.99. The van der Waals surface area contributed by atoms with Crippen molar-refractivity contribution < 1.29 is 47.6 Å². The Balaban J connectivity index is 2.53. The third kappa shape index (κ3) is 12.2. The lowest BCUT2D eigenvalue weighted by molar-refractivity contribution is -0.167. The molecule has 0 radical (unpaired) electrons. The van der Waals surface area contributed by atoms with E-state index in [-0.39, 0.29) is 37.5 Å². The molecule has 34 heavy (non-hydrogen) atoms. The van der Waals surface area contributed by atoms with Crippen molar-refractivity contribution in [1.29, 1.82) is 0 Å². The molecule has 0 fully saturated rings. The fraction of sp³-hybridized carbons (Fsp3) is 0.524. The van der Waals surface area contributed by atoms with Gasteiger partial charge in [-0.3, -0.25) is 19.2 Å². The standard InChI is InChI=1S/C21H27N3O10/c1-14-10-17(23-24-22)19(30-9-5-7-21(28)34-13-32-16(3)26)11-18(14)29-8-4-6-20(27)33-12-31-15(2)25/h10-11H,4-9,12-13H2,1-3H3. The number of ether oxygens (including phenoxy) is 6. The molecule has 0 heterocycles. The van der Waals surface area contributed by atoms with Crippen LogP contribution < -0.4 is 9.47 Å². The van der Waals surface area contributed by atoms with E-state index in [4.69, 9.17) is 24.5 Å².